The van der Waals surface area contributed by atoms with Crippen LogP contribution >= 0.6 is 11.6 Å². The van der Waals surface area contributed by atoms with E-state index in [1.807, 2.05) is 31.2 Å². The predicted molar refractivity (Wildman–Crippen MR) is 96.2 cm³/mol. The number of hydrogen-bond donors (Lipinski definition) is 2. The van der Waals surface area contributed by atoms with Crippen molar-refractivity contribution in [1.29, 1.82) is 0 Å². The zero-order chi connectivity index (χ0) is 16.7. The van der Waals surface area contributed by atoms with Crippen molar-refractivity contribution < 1.29 is 5.11 Å². The highest BCUT2D eigenvalue weighted by Gasteiger charge is 2.28. The Balaban J connectivity index is 1.85. The standard InChI is InChI=1S/C19H20ClN3O/c1-19(24,13-3-2-7-21-10-13)12-23-17-5-4-14(20)9-15(17)16-11-22-8-6-18(16)23/h2-5,7,9-10,22,24H,6,8,11-12H2,1H3. The van der Waals surface area contributed by atoms with Crippen LogP contribution in [0.2, 0.25) is 5.02 Å². The van der Waals surface area contributed by atoms with Gasteiger partial charge in [0.15, 0.2) is 0 Å². The molecule has 1 aromatic carbocycles. The van der Waals surface area contributed by atoms with E-state index >= 15 is 0 Å². The van der Waals surface area contributed by atoms with Crippen LogP contribution in [-0.4, -0.2) is 21.2 Å². The number of halogens is 1. The Kier molecular flexibility index (Phi) is 3.83. The Morgan fingerprint density at radius 3 is 3.04 bits per heavy atom. The molecular weight excluding hydrogens is 322 g/mol. The first-order valence-corrected chi connectivity index (χ1v) is 8.57. The average Bonchev–Trinajstić information content (AvgIpc) is 2.89. The summed E-state index contributed by atoms with van der Waals surface area (Å²) in [6.07, 6.45) is 4.40. The first-order chi connectivity index (χ1) is 11.6. The number of benzene rings is 1. The monoisotopic (exact) mass is 341 g/mol. The van der Waals surface area contributed by atoms with Crippen molar-refractivity contribution in [2.45, 2.75) is 32.0 Å². The molecule has 0 aliphatic carbocycles. The number of fused-ring (bicyclic) bond motifs is 3. The zero-order valence-electron chi connectivity index (χ0n) is 13.6. The third-order valence-electron chi connectivity index (χ3n) is 4.84. The molecule has 124 valence electrons. The summed E-state index contributed by atoms with van der Waals surface area (Å²) in [6, 6.07) is 9.77. The molecule has 3 aromatic rings. The fourth-order valence-electron chi connectivity index (χ4n) is 3.61. The number of nitrogens with one attached hydrogen (secondary N) is 1. The van der Waals surface area contributed by atoms with Gasteiger partial charge in [0.2, 0.25) is 0 Å². The van der Waals surface area contributed by atoms with E-state index in [9.17, 15) is 5.11 Å². The number of rotatable bonds is 3. The van der Waals surface area contributed by atoms with Gasteiger partial charge in [-0.1, -0.05) is 17.7 Å². The molecule has 0 saturated carbocycles. The van der Waals surface area contributed by atoms with E-state index in [4.69, 9.17) is 11.6 Å². The maximum absolute atomic E-state index is 11.1. The molecule has 5 heteroatoms. The Morgan fingerprint density at radius 2 is 2.25 bits per heavy atom. The van der Waals surface area contributed by atoms with Crippen LogP contribution in [0.15, 0.2) is 42.7 Å². The quantitative estimate of drug-likeness (QED) is 0.769. The van der Waals surface area contributed by atoms with Gasteiger partial charge < -0.3 is 15.0 Å². The molecule has 0 fully saturated rings. The summed E-state index contributed by atoms with van der Waals surface area (Å²) in [5.74, 6) is 0. The fraction of sp³-hybridized carbons (Fsp3) is 0.316. The third kappa shape index (κ3) is 2.61. The van der Waals surface area contributed by atoms with Crippen LogP contribution in [0.5, 0.6) is 0 Å². The SMILES string of the molecule is CC(O)(Cn1c2c(c3cc(Cl)ccc31)CNCC2)c1cccnc1. The van der Waals surface area contributed by atoms with E-state index in [2.05, 4.69) is 20.9 Å². The summed E-state index contributed by atoms with van der Waals surface area (Å²) in [5, 5.41) is 16.4. The average molecular weight is 342 g/mol. The number of aromatic nitrogens is 2. The van der Waals surface area contributed by atoms with Gasteiger partial charge in [0.25, 0.3) is 0 Å². The zero-order valence-corrected chi connectivity index (χ0v) is 14.3. The van der Waals surface area contributed by atoms with Gasteiger partial charge in [0.05, 0.1) is 6.54 Å². The Hall–Kier alpha value is -1.88. The summed E-state index contributed by atoms with van der Waals surface area (Å²) in [7, 11) is 0. The molecule has 24 heavy (non-hydrogen) atoms. The van der Waals surface area contributed by atoms with Gasteiger partial charge in [-0.25, -0.2) is 0 Å². The van der Waals surface area contributed by atoms with E-state index in [0.717, 1.165) is 35.6 Å². The minimum atomic E-state index is -0.988. The van der Waals surface area contributed by atoms with Crippen LogP contribution in [0.1, 0.15) is 23.7 Å². The molecule has 1 atom stereocenters. The van der Waals surface area contributed by atoms with Gasteiger partial charge in [-0.05, 0) is 36.8 Å². The van der Waals surface area contributed by atoms with Gasteiger partial charge >= 0.3 is 0 Å². The Labute approximate surface area is 146 Å². The highest BCUT2D eigenvalue weighted by molar-refractivity contribution is 6.31. The lowest BCUT2D eigenvalue weighted by atomic mass is 9.97. The molecule has 1 aliphatic rings. The molecule has 0 radical (unpaired) electrons. The van der Waals surface area contributed by atoms with Crippen LogP contribution in [-0.2, 0) is 25.1 Å². The second-order valence-corrected chi connectivity index (χ2v) is 7.05. The van der Waals surface area contributed by atoms with Crippen LogP contribution in [0.3, 0.4) is 0 Å². The molecular formula is C19H20ClN3O. The molecule has 2 aromatic heterocycles. The molecule has 2 N–H and O–H groups in total. The molecule has 1 unspecified atom stereocenters. The maximum Gasteiger partial charge on any atom is 0.106 e. The summed E-state index contributed by atoms with van der Waals surface area (Å²) < 4.78 is 2.24. The van der Waals surface area contributed by atoms with E-state index in [-0.39, 0.29) is 0 Å². The van der Waals surface area contributed by atoms with Crippen LogP contribution in [0, 0.1) is 0 Å². The first-order valence-electron chi connectivity index (χ1n) is 8.19. The van der Waals surface area contributed by atoms with E-state index in [1.165, 1.54) is 16.6 Å². The summed E-state index contributed by atoms with van der Waals surface area (Å²) in [5.41, 5.74) is 3.54. The lowest BCUT2D eigenvalue weighted by Crippen LogP contribution is -2.31. The highest BCUT2D eigenvalue weighted by atomic mass is 35.5. The van der Waals surface area contributed by atoms with Crippen molar-refractivity contribution in [3.8, 4) is 0 Å². The molecule has 0 spiro atoms. The van der Waals surface area contributed by atoms with Crippen LogP contribution < -0.4 is 5.32 Å². The van der Waals surface area contributed by atoms with Crippen molar-refractivity contribution in [2.75, 3.05) is 6.54 Å². The lowest BCUT2D eigenvalue weighted by molar-refractivity contribution is 0.0384. The molecule has 4 nitrogen and oxygen atoms in total. The molecule has 0 amide bonds. The van der Waals surface area contributed by atoms with Crippen molar-refractivity contribution >= 4 is 22.5 Å². The van der Waals surface area contributed by atoms with Gasteiger partial charge in [-0.3, -0.25) is 4.98 Å². The summed E-state index contributed by atoms with van der Waals surface area (Å²) >= 11 is 6.21. The largest absolute Gasteiger partial charge is 0.384 e. The number of hydrogen-bond acceptors (Lipinski definition) is 3. The minimum Gasteiger partial charge on any atom is -0.384 e. The van der Waals surface area contributed by atoms with Crippen molar-refractivity contribution in [1.82, 2.24) is 14.9 Å². The molecule has 0 bridgehead atoms. The topological polar surface area (TPSA) is 50.1 Å². The third-order valence-corrected chi connectivity index (χ3v) is 5.07. The summed E-state index contributed by atoms with van der Waals surface area (Å²) in [4.78, 5) is 4.14. The van der Waals surface area contributed by atoms with E-state index in [1.54, 1.807) is 12.4 Å². The van der Waals surface area contributed by atoms with Crippen molar-refractivity contribution in [2.24, 2.45) is 0 Å². The van der Waals surface area contributed by atoms with Crippen LogP contribution in [0.4, 0.5) is 0 Å². The lowest BCUT2D eigenvalue weighted by Gasteiger charge is -2.27. The van der Waals surface area contributed by atoms with Gasteiger partial charge in [0.1, 0.15) is 5.60 Å². The maximum atomic E-state index is 11.1. The number of pyridine rings is 1. The number of nitrogens with zero attached hydrogens (tertiary/aromatic N) is 2. The highest BCUT2D eigenvalue weighted by Crippen LogP contribution is 2.33. The first kappa shape index (κ1) is 15.6. The van der Waals surface area contributed by atoms with Gasteiger partial charge in [-0.15, -0.1) is 0 Å². The van der Waals surface area contributed by atoms with Crippen molar-refractivity contribution in [3.05, 3.63) is 64.6 Å². The molecule has 4 rings (SSSR count). The van der Waals surface area contributed by atoms with E-state index < -0.39 is 5.60 Å². The minimum absolute atomic E-state index is 0.492. The fourth-order valence-corrected chi connectivity index (χ4v) is 3.79. The molecule has 0 saturated heterocycles. The molecule has 3 heterocycles. The van der Waals surface area contributed by atoms with Crippen LogP contribution in [0.25, 0.3) is 10.9 Å². The second kappa shape index (κ2) is 5.88. The smallest absolute Gasteiger partial charge is 0.106 e. The normalized spacial score (nSPS) is 16.8. The molecule has 1 aliphatic heterocycles. The Bertz CT molecular complexity index is 887. The van der Waals surface area contributed by atoms with Gasteiger partial charge in [-0.2, -0.15) is 0 Å². The van der Waals surface area contributed by atoms with Crippen molar-refractivity contribution in [3.63, 3.8) is 0 Å². The number of aliphatic hydroxyl groups is 1. The van der Waals surface area contributed by atoms with Gasteiger partial charge in [0, 0.05) is 59.1 Å². The summed E-state index contributed by atoms with van der Waals surface area (Å²) in [6.45, 7) is 4.13. The predicted octanol–water partition coefficient (Wildman–Crippen LogP) is 3.24. The Morgan fingerprint density at radius 1 is 1.38 bits per heavy atom. The van der Waals surface area contributed by atoms with E-state index in [0.29, 0.717) is 6.54 Å². The second-order valence-electron chi connectivity index (χ2n) is 6.62.